The van der Waals surface area contributed by atoms with Crippen LogP contribution in [0.5, 0.6) is 0 Å². The van der Waals surface area contributed by atoms with E-state index in [1.54, 1.807) is 12.4 Å². The Balaban J connectivity index is 1.42. The second kappa shape index (κ2) is 9.57. The molecule has 2 aromatic heterocycles. The van der Waals surface area contributed by atoms with Crippen molar-refractivity contribution in [2.24, 2.45) is 0 Å². The van der Waals surface area contributed by atoms with Crippen molar-refractivity contribution in [3.05, 3.63) is 78.2 Å². The number of pyridine rings is 1. The summed E-state index contributed by atoms with van der Waals surface area (Å²) in [5.74, 6) is -0.122. The van der Waals surface area contributed by atoms with E-state index in [0.717, 1.165) is 53.0 Å². The van der Waals surface area contributed by atoms with Crippen molar-refractivity contribution in [1.29, 1.82) is 0 Å². The third-order valence-electron chi connectivity index (χ3n) is 6.45. The smallest absolute Gasteiger partial charge is 0.320 e. The van der Waals surface area contributed by atoms with E-state index in [9.17, 15) is 9.90 Å². The molecule has 172 valence electrons. The van der Waals surface area contributed by atoms with Gasteiger partial charge in [-0.3, -0.25) is 9.69 Å². The topological polar surface area (TPSA) is 91.2 Å². The Morgan fingerprint density at radius 2 is 1.94 bits per heavy atom. The Morgan fingerprint density at radius 1 is 1.09 bits per heavy atom. The van der Waals surface area contributed by atoms with E-state index < -0.39 is 12.0 Å². The molecular formula is C27H27N5O2. The first-order valence-electron chi connectivity index (χ1n) is 11.6. The lowest BCUT2D eigenvalue weighted by Gasteiger charge is -2.32. The fraction of sp³-hybridized carbons (Fsp3) is 0.259. The summed E-state index contributed by atoms with van der Waals surface area (Å²) in [4.78, 5) is 27.6. The molecule has 0 radical (unpaired) electrons. The van der Waals surface area contributed by atoms with E-state index in [4.69, 9.17) is 4.98 Å². The van der Waals surface area contributed by atoms with Crippen molar-refractivity contribution < 1.29 is 9.90 Å². The van der Waals surface area contributed by atoms with Crippen LogP contribution in [0.3, 0.4) is 0 Å². The molecule has 0 spiro atoms. The van der Waals surface area contributed by atoms with Crippen molar-refractivity contribution in [3.8, 4) is 11.1 Å². The first-order chi connectivity index (χ1) is 16.6. The Labute approximate surface area is 198 Å². The average Bonchev–Trinajstić information content (AvgIpc) is 2.86. The maximum atomic E-state index is 11.6. The number of nitrogens with one attached hydrogen (secondary N) is 1. The maximum Gasteiger partial charge on any atom is 0.320 e. The highest BCUT2D eigenvalue weighted by molar-refractivity contribution is 5.88. The van der Waals surface area contributed by atoms with Gasteiger partial charge in [0.25, 0.3) is 0 Å². The minimum absolute atomic E-state index is 0.458. The van der Waals surface area contributed by atoms with E-state index in [1.807, 2.05) is 41.3 Å². The second-order valence-corrected chi connectivity index (χ2v) is 8.68. The van der Waals surface area contributed by atoms with Gasteiger partial charge in [0.1, 0.15) is 11.6 Å². The van der Waals surface area contributed by atoms with E-state index in [0.29, 0.717) is 24.3 Å². The molecule has 34 heavy (non-hydrogen) atoms. The Kier molecular flexibility index (Phi) is 6.18. The Hall–Kier alpha value is -3.84. The average molecular weight is 454 g/mol. The summed E-state index contributed by atoms with van der Waals surface area (Å²) in [6.45, 7) is 3.33. The lowest BCUT2D eigenvalue weighted by molar-refractivity contribution is -0.144. The van der Waals surface area contributed by atoms with Gasteiger partial charge in [0.15, 0.2) is 5.82 Å². The molecule has 0 bridgehead atoms. The van der Waals surface area contributed by atoms with Crippen LogP contribution in [-0.2, 0) is 11.3 Å². The van der Waals surface area contributed by atoms with Gasteiger partial charge in [0.2, 0.25) is 0 Å². The fourth-order valence-corrected chi connectivity index (χ4v) is 4.65. The number of likely N-dealkylation sites (tertiary alicyclic amines) is 1. The van der Waals surface area contributed by atoms with Gasteiger partial charge in [-0.15, -0.1) is 0 Å². The summed E-state index contributed by atoms with van der Waals surface area (Å²) in [6, 6.07) is 17.9. The molecular weight excluding hydrogens is 426 g/mol. The molecule has 7 nitrogen and oxygen atoms in total. The van der Waals surface area contributed by atoms with Crippen LogP contribution in [-0.4, -0.2) is 43.5 Å². The van der Waals surface area contributed by atoms with E-state index in [2.05, 4.69) is 40.4 Å². The van der Waals surface area contributed by atoms with Gasteiger partial charge >= 0.3 is 5.97 Å². The van der Waals surface area contributed by atoms with Gasteiger partial charge in [-0.2, -0.15) is 0 Å². The lowest BCUT2D eigenvalue weighted by atomic mass is 9.99. The molecule has 0 aliphatic carbocycles. The molecule has 1 aliphatic rings. The minimum atomic E-state index is -0.766. The van der Waals surface area contributed by atoms with E-state index >= 15 is 0 Å². The third kappa shape index (κ3) is 4.47. The zero-order chi connectivity index (χ0) is 23.5. The number of carbonyl (C=O) groups is 1. The Bertz CT molecular complexity index is 1330. The number of hydrogen-bond donors (Lipinski definition) is 2. The number of hydrogen-bond acceptors (Lipinski definition) is 6. The number of anilines is 2. The van der Waals surface area contributed by atoms with Crippen LogP contribution >= 0.6 is 0 Å². The van der Waals surface area contributed by atoms with Crippen molar-refractivity contribution in [2.75, 3.05) is 11.9 Å². The molecule has 7 heteroatoms. The quantitative estimate of drug-likeness (QED) is 0.415. The van der Waals surface area contributed by atoms with E-state index in [-0.39, 0.29) is 0 Å². The van der Waals surface area contributed by atoms with Gasteiger partial charge in [-0.1, -0.05) is 48.9 Å². The molecule has 0 saturated carbocycles. The predicted molar refractivity (Wildman–Crippen MR) is 133 cm³/mol. The van der Waals surface area contributed by atoms with Crippen LogP contribution in [0.1, 0.15) is 30.5 Å². The number of rotatable bonds is 6. The highest BCUT2D eigenvalue weighted by Gasteiger charge is 2.28. The number of fused-ring (bicyclic) bond motifs is 1. The molecule has 2 aromatic carbocycles. The van der Waals surface area contributed by atoms with Crippen LogP contribution < -0.4 is 5.32 Å². The number of carboxylic acids is 1. The van der Waals surface area contributed by atoms with Gasteiger partial charge < -0.3 is 10.4 Å². The number of aliphatic carboxylic acids is 1. The normalized spacial score (nSPS) is 16.4. The summed E-state index contributed by atoms with van der Waals surface area (Å²) in [6.07, 6.45) is 6.08. The van der Waals surface area contributed by atoms with Gasteiger partial charge in [0.05, 0.1) is 17.4 Å². The van der Waals surface area contributed by atoms with Crippen molar-refractivity contribution >= 4 is 28.5 Å². The SMILES string of the molecule is Cc1c(Nc2nccc3nc(CN4CCCC[C@H]4C(=O)O)cnc23)cccc1-c1ccccc1. The molecule has 4 aromatic rings. The molecule has 1 aliphatic heterocycles. The second-order valence-electron chi connectivity index (χ2n) is 8.68. The summed E-state index contributed by atoms with van der Waals surface area (Å²) in [7, 11) is 0. The first-order valence-corrected chi connectivity index (χ1v) is 11.6. The van der Waals surface area contributed by atoms with Crippen LogP contribution in [0.4, 0.5) is 11.5 Å². The maximum absolute atomic E-state index is 11.6. The third-order valence-corrected chi connectivity index (χ3v) is 6.45. The van der Waals surface area contributed by atoms with Gasteiger partial charge in [-0.25, -0.2) is 15.0 Å². The highest BCUT2D eigenvalue weighted by atomic mass is 16.4. The number of carboxylic acid groups (broad SMARTS) is 1. The predicted octanol–water partition coefficient (Wildman–Crippen LogP) is 5.18. The number of benzene rings is 2. The highest BCUT2D eigenvalue weighted by Crippen LogP contribution is 2.31. The van der Waals surface area contributed by atoms with Crippen LogP contribution in [0.25, 0.3) is 22.2 Å². The zero-order valence-electron chi connectivity index (χ0n) is 19.1. The zero-order valence-corrected chi connectivity index (χ0v) is 19.1. The van der Waals surface area contributed by atoms with Gasteiger partial charge in [0, 0.05) is 18.4 Å². The summed E-state index contributed by atoms with van der Waals surface area (Å²) in [5.41, 5.74) is 6.59. The summed E-state index contributed by atoms with van der Waals surface area (Å²) in [5, 5.41) is 13.0. The molecule has 2 N–H and O–H groups in total. The van der Waals surface area contributed by atoms with Gasteiger partial charge in [-0.05, 0) is 55.1 Å². The van der Waals surface area contributed by atoms with Crippen LogP contribution in [0, 0.1) is 6.92 Å². The number of nitrogens with zero attached hydrogens (tertiary/aromatic N) is 4. The Morgan fingerprint density at radius 3 is 2.76 bits per heavy atom. The first kappa shape index (κ1) is 22.0. The molecule has 5 rings (SSSR count). The minimum Gasteiger partial charge on any atom is -0.480 e. The molecule has 0 unspecified atom stereocenters. The number of aromatic nitrogens is 3. The molecule has 1 fully saturated rings. The summed E-state index contributed by atoms with van der Waals surface area (Å²) < 4.78 is 0. The van der Waals surface area contributed by atoms with Crippen LogP contribution in [0.2, 0.25) is 0 Å². The largest absolute Gasteiger partial charge is 0.480 e. The molecule has 3 heterocycles. The van der Waals surface area contributed by atoms with Crippen molar-refractivity contribution in [2.45, 2.75) is 38.8 Å². The molecule has 1 saturated heterocycles. The van der Waals surface area contributed by atoms with E-state index in [1.165, 1.54) is 0 Å². The van der Waals surface area contributed by atoms with Crippen molar-refractivity contribution in [1.82, 2.24) is 19.9 Å². The fourth-order valence-electron chi connectivity index (χ4n) is 4.65. The van der Waals surface area contributed by atoms with Crippen LogP contribution in [0.15, 0.2) is 67.0 Å². The lowest BCUT2D eigenvalue weighted by Crippen LogP contribution is -2.44. The standard InChI is InChI=1S/C27H27N5O2/c1-18-21(19-8-3-2-4-9-19)10-7-11-22(18)31-26-25-23(13-14-28-26)30-20(16-29-25)17-32-15-6-5-12-24(32)27(33)34/h2-4,7-11,13-14,16,24H,5-6,12,15,17H2,1H3,(H,28,31)(H,33,34)/t24-/m0/s1. The summed E-state index contributed by atoms with van der Waals surface area (Å²) >= 11 is 0. The monoisotopic (exact) mass is 453 g/mol. The molecule has 0 amide bonds. The molecule has 1 atom stereocenters. The van der Waals surface area contributed by atoms with Crippen molar-refractivity contribution in [3.63, 3.8) is 0 Å². The number of piperidine rings is 1.